The highest BCUT2D eigenvalue weighted by molar-refractivity contribution is 7.88. The third kappa shape index (κ3) is 5.63. The van der Waals surface area contributed by atoms with E-state index in [9.17, 15) is 13.2 Å². The number of aryl methyl sites for hydroxylation is 1. The lowest BCUT2D eigenvalue weighted by atomic mass is 9.97. The number of carbonyl (C=O) groups excluding carboxylic acids is 1. The number of piperidine rings is 1. The molecule has 2 aromatic carbocycles. The molecule has 1 N–H and O–H groups in total. The van der Waals surface area contributed by atoms with Gasteiger partial charge in [0.15, 0.2) is 0 Å². The summed E-state index contributed by atoms with van der Waals surface area (Å²) in [7, 11) is -3.59. The fourth-order valence-electron chi connectivity index (χ4n) is 4.10. The normalized spacial score (nSPS) is 15.4. The molecule has 2 heterocycles. The van der Waals surface area contributed by atoms with E-state index in [1.54, 1.807) is 24.4 Å². The first-order valence-electron chi connectivity index (χ1n) is 11.0. The van der Waals surface area contributed by atoms with Gasteiger partial charge in [-0.25, -0.2) is 17.7 Å². The molecule has 0 spiro atoms. The van der Waals surface area contributed by atoms with Crippen LogP contribution in [0.1, 0.15) is 29.8 Å². The first-order valence-corrected chi connectivity index (χ1v) is 13.4. The summed E-state index contributed by atoms with van der Waals surface area (Å²) in [6.45, 7) is 2.95. The zero-order valence-corrected chi connectivity index (χ0v) is 21.1. The van der Waals surface area contributed by atoms with Crippen LogP contribution in [-0.4, -0.2) is 41.3 Å². The Morgan fingerprint density at radius 2 is 1.74 bits per heavy atom. The Bertz CT molecular complexity index is 1250. The molecule has 1 aliphatic rings. The first-order chi connectivity index (χ1) is 16.2. The number of nitrogens with zero attached hydrogens (tertiary/aromatic N) is 3. The second kappa shape index (κ2) is 10.5. The van der Waals surface area contributed by atoms with Crippen LogP contribution >= 0.6 is 23.2 Å². The Labute approximate surface area is 209 Å². The van der Waals surface area contributed by atoms with Gasteiger partial charge in [0.25, 0.3) is 0 Å². The molecule has 0 saturated carbocycles. The molecule has 0 aliphatic carbocycles. The van der Waals surface area contributed by atoms with Gasteiger partial charge < -0.3 is 9.88 Å². The summed E-state index contributed by atoms with van der Waals surface area (Å²) < 4.78 is 29.2. The molecule has 34 heavy (non-hydrogen) atoms. The number of aromatic nitrogens is 2. The molecule has 0 radical (unpaired) electrons. The van der Waals surface area contributed by atoms with E-state index in [4.69, 9.17) is 23.2 Å². The molecule has 1 fully saturated rings. The molecular weight excluding hydrogens is 495 g/mol. The predicted molar refractivity (Wildman–Crippen MR) is 134 cm³/mol. The highest BCUT2D eigenvalue weighted by Crippen LogP contribution is 2.29. The Balaban J connectivity index is 1.28. The molecule has 1 saturated heterocycles. The minimum atomic E-state index is -3.59. The molecule has 7 nitrogen and oxygen atoms in total. The summed E-state index contributed by atoms with van der Waals surface area (Å²) in [4.78, 5) is 16.9. The minimum Gasteiger partial charge on any atom is -0.352 e. The average Bonchev–Trinajstić information content (AvgIpc) is 3.26. The van der Waals surface area contributed by atoms with Crippen molar-refractivity contribution in [2.45, 2.75) is 32.1 Å². The molecule has 10 heteroatoms. The second-order valence-electron chi connectivity index (χ2n) is 8.36. The Morgan fingerprint density at radius 3 is 2.32 bits per heavy atom. The van der Waals surface area contributed by atoms with Gasteiger partial charge in [-0.3, -0.25) is 4.79 Å². The summed E-state index contributed by atoms with van der Waals surface area (Å²) in [5, 5.41) is 3.65. The summed E-state index contributed by atoms with van der Waals surface area (Å²) in [5.41, 5.74) is 2.41. The molecule has 0 bridgehead atoms. The van der Waals surface area contributed by atoms with Crippen molar-refractivity contribution in [3.63, 3.8) is 0 Å². The quantitative estimate of drug-likeness (QED) is 0.501. The van der Waals surface area contributed by atoms with E-state index in [0.717, 1.165) is 17.1 Å². The van der Waals surface area contributed by atoms with Crippen molar-refractivity contribution in [2.75, 3.05) is 13.1 Å². The van der Waals surface area contributed by atoms with E-state index in [1.807, 2.05) is 42.0 Å². The van der Waals surface area contributed by atoms with Gasteiger partial charge in [0, 0.05) is 59.2 Å². The molecule has 1 amide bonds. The maximum atomic E-state index is 12.9. The zero-order chi connectivity index (χ0) is 24.3. The minimum absolute atomic E-state index is 0.0549. The lowest BCUT2D eigenvalue weighted by molar-refractivity contribution is -0.126. The smallest absolute Gasteiger partial charge is 0.223 e. The second-order valence-corrected chi connectivity index (χ2v) is 11.1. The van der Waals surface area contributed by atoms with Crippen LogP contribution in [0, 0.1) is 12.8 Å². The average molecular weight is 521 g/mol. The lowest BCUT2D eigenvalue weighted by Crippen LogP contribution is -2.43. The number of rotatable bonds is 7. The van der Waals surface area contributed by atoms with E-state index in [0.29, 0.717) is 48.1 Å². The van der Waals surface area contributed by atoms with Gasteiger partial charge in [-0.2, -0.15) is 0 Å². The molecule has 3 aromatic rings. The molecule has 0 unspecified atom stereocenters. The van der Waals surface area contributed by atoms with Crippen molar-refractivity contribution in [2.24, 2.45) is 5.92 Å². The lowest BCUT2D eigenvalue weighted by Gasteiger charge is -2.30. The van der Waals surface area contributed by atoms with Crippen LogP contribution < -0.4 is 5.32 Å². The molecule has 0 atom stereocenters. The number of nitrogens with one attached hydrogen (secondary N) is 1. The molecular formula is C24H26Cl2N4O3S. The SMILES string of the molecule is Cc1nccn1-c1ccc(CNC(=O)C2CCN(S(=O)(=O)Cc3c(Cl)cccc3Cl)CC2)cc1. The monoisotopic (exact) mass is 520 g/mol. The van der Waals surface area contributed by atoms with Gasteiger partial charge in [0.05, 0.1) is 5.75 Å². The van der Waals surface area contributed by atoms with Gasteiger partial charge in [-0.1, -0.05) is 41.4 Å². The Morgan fingerprint density at radius 1 is 1.09 bits per heavy atom. The summed E-state index contributed by atoms with van der Waals surface area (Å²) in [6, 6.07) is 12.9. The molecule has 180 valence electrons. The van der Waals surface area contributed by atoms with Crippen LogP contribution in [0.25, 0.3) is 5.69 Å². The highest BCUT2D eigenvalue weighted by atomic mass is 35.5. The summed E-state index contributed by atoms with van der Waals surface area (Å²) >= 11 is 12.3. The van der Waals surface area contributed by atoms with E-state index in [-0.39, 0.29) is 17.6 Å². The maximum absolute atomic E-state index is 12.9. The van der Waals surface area contributed by atoms with Gasteiger partial charge in [0.2, 0.25) is 15.9 Å². The number of hydrogen-bond acceptors (Lipinski definition) is 4. The van der Waals surface area contributed by atoms with Crippen molar-refractivity contribution in [1.29, 1.82) is 0 Å². The van der Waals surface area contributed by atoms with Crippen LogP contribution in [0.3, 0.4) is 0 Å². The van der Waals surface area contributed by atoms with Crippen LogP contribution in [0.5, 0.6) is 0 Å². The van der Waals surface area contributed by atoms with Crippen molar-refractivity contribution in [1.82, 2.24) is 19.2 Å². The number of benzene rings is 2. The zero-order valence-electron chi connectivity index (χ0n) is 18.7. The third-order valence-corrected chi connectivity index (χ3v) is 8.63. The number of amides is 1. The summed E-state index contributed by atoms with van der Waals surface area (Å²) in [5.74, 6) is 0.380. The van der Waals surface area contributed by atoms with Crippen LogP contribution in [0.2, 0.25) is 10.0 Å². The fourth-order valence-corrected chi connectivity index (χ4v) is 6.41. The molecule has 4 rings (SSSR count). The van der Waals surface area contributed by atoms with Crippen molar-refractivity contribution in [3.8, 4) is 5.69 Å². The fraction of sp³-hybridized carbons (Fsp3) is 0.333. The van der Waals surface area contributed by atoms with Crippen LogP contribution in [0.4, 0.5) is 0 Å². The highest BCUT2D eigenvalue weighted by Gasteiger charge is 2.31. The van der Waals surface area contributed by atoms with Gasteiger partial charge in [0.1, 0.15) is 5.82 Å². The first kappa shape index (κ1) is 24.7. The van der Waals surface area contributed by atoms with Crippen molar-refractivity contribution >= 4 is 39.1 Å². The van der Waals surface area contributed by atoms with E-state index in [1.165, 1.54) is 4.31 Å². The standard InChI is InChI=1S/C24H26Cl2N4O3S/c1-17-27-11-14-30(17)20-7-5-18(6-8-20)15-28-24(31)19-9-12-29(13-10-19)34(32,33)16-21-22(25)3-2-4-23(21)26/h2-8,11,14,19H,9-10,12-13,15-16H2,1H3,(H,28,31). The predicted octanol–water partition coefficient (Wildman–Crippen LogP) is 4.35. The van der Waals surface area contributed by atoms with E-state index in [2.05, 4.69) is 10.3 Å². The molecule has 1 aliphatic heterocycles. The Hall–Kier alpha value is -2.39. The van der Waals surface area contributed by atoms with Crippen molar-refractivity contribution < 1.29 is 13.2 Å². The summed E-state index contributed by atoms with van der Waals surface area (Å²) in [6.07, 6.45) is 4.61. The number of imidazole rings is 1. The van der Waals surface area contributed by atoms with Gasteiger partial charge >= 0.3 is 0 Å². The van der Waals surface area contributed by atoms with Crippen LogP contribution in [0.15, 0.2) is 54.9 Å². The van der Waals surface area contributed by atoms with Crippen molar-refractivity contribution in [3.05, 3.63) is 81.9 Å². The molecule has 1 aromatic heterocycles. The van der Waals surface area contributed by atoms with E-state index < -0.39 is 10.0 Å². The number of sulfonamides is 1. The topological polar surface area (TPSA) is 84.3 Å². The van der Waals surface area contributed by atoms with E-state index >= 15 is 0 Å². The number of hydrogen-bond donors (Lipinski definition) is 1. The van der Waals surface area contributed by atoms with Crippen LogP contribution in [-0.2, 0) is 27.1 Å². The third-order valence-electron chi connectivity index (χ3n) is 6.11. The number of halogens is 2. The Kier molecular flexibility index (Phi) is 7.62. The van der Waals surface area contributed by atoms with Gasteiger partial charge in [-0.15, -0.1) is 0 Å². The number of carbonyl (C=O) groups is 1. The largest absolute Gasteiger partial charge is 0.352 e. The maximum Gasteiger partial charge on any atom is 0.223 e. The van der Waals surface area contributed by atoms with Gasteiger partial charge in [-0.05, 0) is 49.6 Å².